The van der Waals surface area contributed by atoms with Crippen molar-refractivity contribution in [2.24, 2.45) is 5.73 Å². The summed E-state index contributed by atoms with van der Waals surface area (Å²) < 4.78 is 0. The molecule has 0 saturated carbocycles. The molecule has 2 N–H and O–H groups in total. The van der Waals surface area contributed by atoms with E-state index in [-0.39, 0.29) is 22.5 Å². The largest absolute Gasteiger partial charge is 0.328 e. The van der Waals surface area contributed by atoms with Crippen molar-refractivity contribution in [2.45, 2.75) is 19.9 Å². The van der Waals surface area contributed by atoms with E-state index in [1.807, 2.05) is 13.8 Å². The van der Waals surface area contributed by atoms with Gasteiger partial charge in [-0.1, -0.05) is 13.8 Å². The maximum atomic E-state index is 5.11. The van der Waals surface area contributed by atoms with Gasteiger partial charge in [0.15, 0.2) is 0 Å². The lowest BCUT2D eigenvalue weighted by Gasteiger charge is -1.81. The first kappa shape index (κ1) is 45.8. The zero-order chi connectivity index (χ0) is 3.58. The average Bonchev–Trinajstić information content (AvgIpc) is 0.811. The SMILES string of the molecule is CC(C)N.F.F.F.[B]. The molecule has 5 heteroatoms. The van der Waals surface area contributed by atoms with Gasteiger partial charge >= 0.3 is 0 Å². The van der Waals surface area contributed by atoms with Crippen LogP contribution in [-0.4, -0.2) is 14.5 Å². The monoisotopic (exact) mass is 130 g/mol. The number of halogens is 3. The van der Waals surface area contributed by atoms with E-state index < -0.39 is 0 Å². The molecule has 0 aromatic rings. The molecular formula is C3H12BF3N. The summed E-state index contributed by atoms with van der Waals surface area (Å²) in [5.41, 5.74) is 5.11. The smallest absolute Gasteiger partial charge is 0 e. The third kappa shape index (κ3) is 3940. The molecule has 0 unspecified atom stereocenters. The Morgan fingerprint density at radius 1 is 1.00 bits per heavy atom. The molecule has 0 aliphatic rings. The van der Waals surface area contributed by atoms with Crippen LogP contribution in [0.2, 0.25) is 0 Å². The zero-order valence-electron chi connectivity index (χ0n) is 4.96. The fourth-order valence-corrected chi connectivity index (χ4v) is 0. The van der Waals surface area contributed by atoms with Gasteiger partial charge in [-0.05, 0) is 6.04 Å². The first-order valence-corrected chi connectivity index (χ1v) is 1.49. The van der Waals surface area contributed by atoms with Crippen LogP contribution in [0.1, 0.15) is 13.8 Å². The minimum atomic E-state index is 0. The van der Waals surface area contributed by atoms with Gasteiger partial charge in [-0.2, -0.15) is 0 Å². The molecule has 0 aromatic heterocycles. The maximum Gasteiger partial charge on any atom is 0 e. The summed E-state index contributed by atoms with van der Waals surface area (Å²) in [4.78, 5) is 0. The van der Waals surface area contributed by atoms with E-state index in [0.717, 1.165) is 0 Å². The van der Waals surface area contributed by atoms with Gasteiger partial charge in [0.25, 0.3) is 0 Å². The second kappa shape index (κ2) is 29.1. The van der Waals surface area contributed by atoms with Crippen molar-refractivity contribution in [1.29, 1.82) is 0 Å². The second-order valence-corrected chi connectivity index (χ2v) is 1.24. The van der Waals surface area contributed by atoms with E-state index in [0.29, 0.717) is 6.04 Å². The Balaban J connectivity index is -0.00000000750. The van der Waals surface area contributed by atoms with Crippen molar-refractivity contribution < 1.29 is 14.1 Å². The number of rotatable bonds is 0. The molecule has 8 heavy (non-hydrogen) atoms. The summed E-state index contributed by atoms with van der Waals surface area (Å²) in [7, 11) is 0. The standard InChI is InChI=1S/C3H9N.B.3FH/c1-3(2)4;;;;/h3H,4H2,1-2H3;;3*1H. The molecule has 0 rings (SSSR count). The quantitative estimate of drug-likeness (QED) is 0.472. The molecule has 0 spiro atoms. The molecule has 0 amide bonds. The highest BCUT2D eigenvalue weighted by atomic mass is 19.0. The van der Waals surface area contributed by atoms with Gasteiger partial charge in [-0.15, -0.1) is 0 Å². The molecule has 0 bridgehead atoms. The Morgan fingerprint density at radius 2 is 1.00 bits per heavy atom. The summed E-state index contributed by atoms with van der Waals surface area (Å²) in [6.07, 6.45) is 0. The molecule has 1 nitrogen and oxygen atoms in total. The fourth-order valence-electron chi connectivity index (χ4n) is 0. The van der Waals surface area contributed by atoms with Gasteiger partial charge in [0, 0.05) is 8.41 Å². The molecule has 3 radical (unpaired) electrons. The molecular weight excluding hydrogens is 118 g/mol. The minimum absolute atomic E-state index is 0. The van der Waals surface area contributed by atoms with E-state index in [2.05, 4.69) is 0 Å². The van der Waals surface area contributed by atoms with Gasteiger partial charge in [0.05, 0.1) is 0 Å². The van der Waals surface area contributed by atoms with Crippen molar-refractivity contribution in [1.82, 2.24) is 0 Å². The van der Waals surface area contributed by atoms with Gasteiger partial charge in [-0.25, -0.2) is 0 Å². The first-order valence-electron chi connectivity index (χ1n) is 1.49. The Bertz CT molecular complexity index is 19.2. The van der Waals surface area contributed by atoms with E-state index >= 15 is 0 Å². The van der Waals surface area contributed by atoms with Crippen molar-refractivity contribution in [2.75, 3.05) is 0 Å². The van der Waals surface area contributed by atoms with Crippen LogP contribution in [0.4, 0.5) is 14.1 Å². The lowest BCUT2D eigenvalue weighted by Crippen LogP contribution is -2.06. The number of hydrogen-bond acceptors (Lipinski definition) is 1. The van der Waals surface area contributed by atoms with Crippen molar-refractivity contribution in [3.8, 4) is 0 Å². The Hall–Kier alpha value is -0.185. The highest BCUT2D eigenvalue weighted by Crippen LogP contribution is 1.58. The van der Waals surface area contributed by atoms with E-state index in [1.165, 1.54) is 0 Å². The van der Waals surface area contributed by atoms with E-state index in [4.69, 9.17) is 5.73 Å². The average molecular weight is 130 g/mol. The van der Waals surface area contributed by atoms with Gasteiger partial charge in [0.1, 0.15) is 0 Å². The third-order valence-electron chi connectivity index (χ3n) is 0. The molecule has 0 heterocycles. The van der Waals surface area contributed by atoms with Crippen LogP contribution in [-0.2, 0) is 0 Å². The summed E-state index contributed by atoms with van der Waals surface area (Å²) in [6.45, 7) is 3.89. The Morgan fingerprint density at radius 3 is 1.00 bits per heavy atom. The molecule has 0 aromatic carbocycles. The van der Waals surface area contributed by atoms with Crippen LogP contribution in [0.15, 0.2) is 0 Å². The highest BCUT2D eigenvalue weighted by molar-refractivity contribution is 5.75. The maximum absolute atomic E-state index is 5.11. The van der Waals surface area contributed by atoms with Crippen LogP contribution in [0.25, 0.3) is 0 Å². The molecule has 0 atom stereocenters. The topological polar surface area (TPSA) is 26.0 Å². The number of hydrogen-bond donors (Lipinski definition) is 1. The Kier molecular flexibility index (Phi) is 167. The lowest BCUT2D eigenvalue weighted by molar-refractivity contribution is 0.834. The van der Waals surface area contributed by atoms with Gasteiger partial charge in [0.2, 0.25) is 0 Å². The van der Waals surface area contributed by atoms with Crippen LogP contribution < -0.4 is 5.73 Å². The van der Waals surface area contributed by atoms with E-state index in [1.54, 1.807) is 0 Å². The van der Waals surface area contributed by atoms with Gasteiger partial charge < -0.3 is 5.73 Å². The van der Waals surface area contributed by atoms with Crippen molar-refractivity contribution >= 4 is 8.41 Å². The molecule has 0 aliphatic heterocycles. The van der Waals surface area contributed by atoms with E-state index in [9.17, 15) is 0 Å². The summed E-state index contributed by atoms with van der Waals surface area (Å²) in [5.74, 6) is 0. The predicted octanol–water partition coefficient (Wildman–Crippen LogP) is 0.430. The van der Waals surface area contributed by atoms with Crippen LogP contribution >= 0.6 is 0 Å². The van der Waals surface area contributed by atoms with Crippen molar-refractivity contribution in [3.05, 3.63) is 0 Å². The highest BCUT2D eigenvalue weighted by Gasteiger charge is 1.67. The minimum Gasteiger partial charge on any atom is -0.328 e. The summed E-state index contributed by atoms with van der Waals surface area (Å²) in [5, 5.41) is 0. The van der Waals surface area contributed by atoms with Crippen LogP contribution in [0, 0.1) is 0 Å². The van der Waals surface area contributed by atoms with Crippen LogP contribution in [0.5, 0.6) is 0 Å². The number of nitrogens with two attached hydrogens (primary N) is 1. The zero-order valence-corrected chi connectivity index (χ0v) is 4.96. The molecule has 0 fully saturated rings. The summed E-state index contributed by atoms with van der Waals surface area (Å²) in [6, 6.07) is 0.333. The normalized spacial score (nSPS) is 4.50. The summed E-state index contributed by atoms with van der Waals surface area (Å²) >= 11 is 0. The molecule has 0 aliphatic carbocycles. The van der Waals surface area contributed by atoms with Crippen molar-refractivity contribution in [3.63, 3.8) is 0 Å². The lowest BCUT2D eigenvalue weighted by atomic mass is 10.5. The Labute approximate surface area is 49.3 Å². The predicted molar refractivity (Wildman–Crippen MR) is 32.6 cm³/mol. The van der Waals surface area contributed by atoms with Gasteiger partial charge in [-0.3, -0.25) is 14.1 Å². The second-order valence-electron chi connectivity index (χ2n) is 1.24. The molecule has 0 saturated heterocycles. The van der Waals surface area contributed by atoms with Crippen LogP contribution in [0.3, 0.4) is 0 Å². The molecule has 53 valence electrons. The fraction of sp³-hybridized carbons (Fsp3) is 1.00. The third-order valence-corrected chi connectivity index (χ3v) is 0. The first-order chi connectivity index (χ1) is 1.73.